The van der Waals surface area contributed by atoms with Gasteiger partial charge >= 0.3 is 0 Å². The van der Waals surface area contributed by atoms with Crippen LogP contribution in [0.3, 0.4) is 0 Å². The molecule has 0 aliphatic carbocycles. The van der Waals surface area contributed by atoms with Crippen molar-refractivity contribution in [3.05, 3.63) is 46.5 Å². The molecular formula is C10H11NO3. The van der Waals surface area contributed by atoms with Crippen molar-refractivity contribution >= 4 is 5.69 Å². The summed E-state index contributed by atoms with van der Waals surface area (Å²) in [4.78, 5) is 10.3. The van der Waals surface area contributed by atoms with Crippen LogP contribution in [0, 0.1) is 10.1 Å². The highest BCUT2D eigenvalue weighted by atomic mass is 16.6. The van der Waals surface area contributed by atoms with Crippen LogP contribution >= 0.6 is 0 Å². The van der Waals surface area contributed by atoms with Crippen molar-refractivity contribution in [2.75, 3.05) is 7.11 Å². The Hall–Kier alpha value is -1.84. The van der Waals surface area contributed by atoms with Gasteiger partial charge in [-0.1, -0.05) is 12.1 Å². The maximum atomic E-state index is 10.7. The number of rotatable bonds is 4. The van der Waals surface area contributed by atoms with E-state index in [0.29, 0.717) is 17.7 Å². The van der Waals surface area contributed by atoms with Crippen LogP contribution in [-0.2, 0) is 6.42 Å². The Kier molecular flexibility index (Phi) is 3.23. The lowest BCUT2D eigenvalue weighted by atomic mass is 10.1. The third-order valence-corrected chi connectivity index (χ3v) is 1.87. The zero-order valence-corrected chi connectivity index (χ0v) is 7.90. The lowest BCUT2D eigenvalue weighted by molar-refractivity contribution is -0.385. The third kappa shape index (κ3) is 1.90. The van der Waals surface area contributed by atoms with Gasteiger partial charge in [0.15, 0.2) is 0 Å². The second-order valence-corrected chi connectivity index (χ2v) is 2.71. The molecule has 4 nitrogen and oxygen atoms in total. The second-order valence-electron chi connectivity index (χ2n) is 2.71. The summed E-state index contributed by atoms with van der Waals surface area (Å²) in [6.07, 6.45) is 2.05. The Morgan fingerprint density at radius 2 is 2.36 bits per heavy atom. The minimum Gasteiger partial charge on any atom is -0.496 e. The molecule has 0 saturated heterocycles. The van der Waals surface area contributed by atoms with Gasteiger partial charge in [-0.05, 0) is 6.07 Å². The number of methoxy groups -OCH3 is 1. The van der Waals surface area contributed by atoms with E-state index in [-0.39, 0.29) is 5.69 Å². The van der Waals surface area contributed by atoms with Gasteiger partial charge in [0.25, 0.3) is 5.69 Å². The SMILES string of the molecule is C=CCc1c(OC)cccc1[N+](=O)[O-]. The van der Waals surface area contributed by atoms with E-state index in [0.717, 1.165) is 0 Å². The number of hydrogen-bond acceptors (Lipinski definition) is 3. The zero-order valence-electron chi connectivity index (χ0n) is 7.90. The molecule has 1 aromatic rings. The molecule has 14 heavy (non-hydrogen) atoms. The predicted molar refractivity (Wildman–Crippen MR) is 53.5 cm³/mol. The van der Waals surface area contributed by atoms with Crippen LogP contribution in [0.15, 0.2) is 30.9 Å². The molecule has 4 heteroatoms. The summed E-state index contributed by atoms with van der Waals surface area (Å²) in [5.74, 6) is 0.527. The molecule has 0 saturated carbocycles. The van der Waals surface area contributed by atoms with E-state index >= 15 is 0 Å². The number of nitro benzene ring substituents is 1. The largest absolute Gasteiger partial charge is 0.496 e. The van der Waals surface area contributed by atoms with Crippen molar-refractivity contribution in [2.24, 2.45) is 0 Å². The van der Waals surface area contributed by atoms with E-state index < -0.39 is 4.92 Å². The van der Waals surface area contributed by atoms with Gasteiger partial charge < -0.3 is 4.74 Å². The molecule has 0 bridgehead atoms. The standard InChI is InChI=1S/C10H11NO3/c1-3-5-8-9(11(12)13)6-4-7-10(8)14-2/h3-4,6-7H,1,5H2,2H3. The Labute approximate surface area is 82.0 Å². The molecule has 0 aliphatic heterocycles. The van der Waals surface area contributed by atoms with Gasteiger partial charge in [0.05, 0.1) is 17.6 Å². The lowest BCUT2D eigenvalue weighted by Gasteiger charge is -2.06. The van der Waals surface area contributed by atoms with Crippen molar-refractivity contribution < 1.29 is 9.66 Å². The molecule has 74 valence electrons. The van der Waals surface area contributed by atoms with Crippen molar-refractivity contribution in [1.82, 2.24) is 0 Å². The van der Waals surface area contributed by atoms with Gasteiger partial charge in [0.2, 0.25) is 0 Å². The fourth-order valence-electron chi connectivity index (χ4n) is 1.27. The summed E-state index contributed by atoms with van der Waals surface area (Å²) in [5.41, 5.74) is 0.638. The summed E-state index contributed by atoms with van der Waals surface area (Å²) >= 11 is 0. The summed E-state index contributed by atoms with van der Waals surface area (Å²) in [6.45, 7) is 3.55. The summed E-state index contributed by atoms with van der Waals surface area (Å²) in [6, 6.07) is 4.76. The molecule has 0 spiro atoms. The normalized spacial score (nSPS) is 9.50. The van der Waals surface area contributed by atoms with Crippen LogP contribution in [0.25, 0.3) is 0 Å². The van der Waals surface area contributed by atoms with Crippen molar-refractivity contribution in [3.63, 3.8) is 0 Å². The predicted octanol–water partition coefficient (Wildman–Crippen LogP) is 2.33. The van der Waals surface area contributed by atoms with Crippen molar-refractivity contribution in [2.45, 2.75) is 6.42 Å². The smallest absolute Gasteiger partial charge is 0.276 e. The van der Waals surface area contributed by atoms with Crippen LogP contribution in [0.4, 0.5) is 5.69 Å². The highest BCUT2D eigenvalue weighted by Crippen LogP contribution is 2.28. The Morgan fingerprint density at radius 3 is 2.86 bits per heavy atom. The van der Waals surface area contributed by atoms with Crippen LogP contribution in [-0.4, -0.2) is 12.0 Å². The van der Waals surface area contributed by atoms with Crippen LogP contribution in [0.5, 0.6) is 5.75 Å². The average Bonchev–Trinajstić information content (AvgIpc) is 2.18. The molecule has 0 N–H and O–H groups in total. The minimum absolute atomic E-state index is 0.0734. The zero-order chi connectivity index (χ0) is 10.6. The molecule has 0 heterocycles. The lowest BCUT2D eigenvalue weighted by Crippen LogP contribution is -1.97. The molecule has 1 rings (SSSR count). The minimum atomic E-state index is -0.415. The topological polar surface area (TPSA) is 52.4 Å². The number of benzene rings is 1. The van der Waals surface area contributed by atoms with Gasteiger partial charge in [0, 0.05) is 12.5 Å². The first-order valence-electron chi connectivity index (χ1n) is 4.12. The van der Waals surface area contributed by atoms with E-state index in [1.165, 1.54) is 13.2 Å². The molecule has 0 unspecified atom stereocenters. The van der Waals surface area contributed by atoms with Gasteiger partial charge in [-0.3, -0.25) is 10.1 Å². The highest BCUT2D eigenvalue weighted by molar-refractivity contribution is 5.50. The van der Waals surface area contributed by atoms with Gasteiger partial charge in [-0.25, -0.2) is 0 Å². The van der Waals surface area contributed by atoms with Crippen LogP contribution in [0.2, 0.25) is 0 Å². The van der Waals surface area contributed by atoms with E-state index in [1.807, 2.05) is 0 Å². The Balaban J connectivity index is 3.27. The van der Waals surface area contributed by atoms with Gasteiger partial charge in [-0.2, -0.15) is 0 Å². The first-order chi connectivity index (χ1) is 6.70. The van der Waals surface area contributed by atoms with E-state index in [2.05, 4.69) is 6.58 Å². The maximum Gasteiger partial charge on any atom is 0.276 e. The van der Waals surface area contributed by atoms with Crippen LogP contribution in [0.1, 0.15) is 5.56 Å². The Morgan fingerprint density at radius 1 is 1.64 bits per heavy atom. The van der Waals surface area contributed by atoms with Crippen molar-refractivity contribution in [1.29, 1.82) is 0 Å². The fraction of sp³-hybridized carbons (Fsp3) is 0.200. The number of nitrogens with zero attached hydrogens (tertiary/aromatic N) is 1. The maximum absolute atomic E-state index is 10.7. The third-order valence-electron chi connectivity index (χ3n) is 1.87. The Bertz CT molecular complexity index is 360. The van der Waals surface area contributed by atoms with E-state index in [4.69, 9.17) is 4.74 Å². The number of hydrogen-bond donors (Lipinski definition) is 0. The van der Waals surface area contributed by atoms with Gasteiger partial charge in [0.1, 0.15) is 5.75 Å². The first-order valence-corrected chi connectivity index (χ1v) is 4.12. The summed E-state index contributed by atoms with van der Waals surface area (Å²) < 4.78 is 5.04. The fourth-order valence-corrected chi connectivity index (χ4v) is 1.27. The van der Waals surface area contributed by atoms with Crippen molar-refractivity contribution in [3.8, 4) is 5.75 Å². The number of ether oxygens (including phenoxy) is 1. The molecule has 0 aromatic heterocycles. The monoisotopic (exact) mass is 193 g/mol. The van der Waals surface area contributed by atoms with E-state index in [9.17, 15) is 10.1 Å². The summed E-state index contributed by atoms with van der Waals surface area (Å²) in [7, 11) is 1.49. The molecular weight excluding hydrogens is 182 g/mol. The highest BCUT2D eigenvalue weighted by Gasteiger charge is 2.16. The quantitative estimate of drug-likeness (QED) is 0.419. The van der Waals surface area contributed by atoms with Crippen LogP contribution < -0.4 is 4.74 Å². The molecule has 0 amide bonds. The average molecular weight is 193 g/mol. The van der Waals surface area contributed by atoms with Gasteiger partial charge in [-0.15, -0.1) is 6.58 Å². The molecule has 1 aromatic carbocycles. The molecule has 0 fully saturated rings. The number of nitro groups is 1. The van der Waals surface area contributed by atoms with E-state index in [1.54, 1.807) is 18.2 Å². The molecule has 0 atom stereocenters. The summed E-state index contributed by atoms with van der Waals surface area (Å²) in [5, 5.41) is 10.7. The second kappa shape index (κ2) is 4.41. The first kappa shape index (κ1) is 10.2. The molecule has 0 aliphatic rings. The number of allylic oxidation sites excluding steroid dienone is 1. The molecule has 0 radical (unpaired) electrons.